The molecule has 2 rings (SSSR count). The van der Waals surface area contributed by atoms with Crippen molar-refractivity contribution < 1.29 is 26.3 Å². The number of nitrogens with zero attached hydrogens (tertiary/aromatic N) is 2. The molecule has 2 saturated carbocycles. The topological polar surface area (TPSA) is 116 Å². The van der Waals surface area contributed by atoms with Gasteiger partial charge in [-0.1, -0.05) is 26.7 Å². The first-order valence-electron chi connectivity index (χ1n) is 12.1. The molecule has 0 radical (unpaired) electrons. The molecule has 0 bridgehead atoms. The molecular weight excluding hydrogens is 558 g/mol. The van der Waals surface area contributed by atoms with E-state index in [4.69, 9.17) is 30.4 Å². The first-order valence-corrected chi connectivity index (χ1v) is 14.1. The van der Waals surface area contributed by atoms with Crippen LogP contribution in [0.15, 0.2) is 10.5 Å². The summed E-state index contributed by atoms with van der Waals surface area (Å²) < 4.78 is 72.0. The molecule has 0 aromatic carbocycles. The molecule has 2 fully saturated rings. The van der Waals surface area contributed by atoms with Crippen molar-refractivity contribution in [3.8, 4) is 12.1 Å². The second kappa shape index (κ2) is 21.1. The SMILES string of the molecule is CC1CCC(=C(C#N)SCCC(F)(F)F)CC1.CC1CCC(C(C#N)SCCC(F)(F)F)CC1.O=O.O=O. The van der Waals surface area contributed by atoms with E-state index in [0.717, 1.165) is 68.7 Å². The minimum absolute atomic E-state index is 0.00772. The number of thioether (sulfide) groups is 2. The van der Waals surface area contributed by atoms with Crippen molar-refractivity contribution in [2.24, 2.45) is 17.8 Å². The molecule has 2 aliphatic carbocycles. The van der Waals surface area contributed by atoms with Gasteiger partial charge in [0, 0.05) is 31.4 Å². The molecule has 0 heterocycles. The minimum atomic E-state index is -4.13. The zero-order valence-electron chi connectivity index (χ0n) is 21.4. The highest BCUT2D eigenvalue weighted by Gasteiger charge is 2.30. The lowest BCUT2D eigenvalue weighted by molar-refractivity contribution is -0.130. The van der Waals surface area contributed by atoms with Crippen LogP contribution in [0.5, 0.6) is 0 Å². The van der Waals surface area contributed by atoms with Gasteiger partial charge in [0.1, 0.15) is 6.07 Å². The summed E-state index contributed by atoms with van der Waals surface area (Å²) in [7, 11) is 0. The lowest BCUT2D eigenvalue weighted by atomic mass is 9.81. The Morgan fingerprint density at radius 1 is 0.816 bits per heavy atom. The summed E-state index contributed by atoms with van der Waals surface area (Å²) in [6.07, 6.45) is -1.87. The molecule has 2 aliphatic rings. The van der Waals surface area contributed by atoms with Crippen molar-refractivity contribution in [2.45, 2.75) is 95.7 Å². The summed E-state index contributed by atoms with van der Waals surface area (Å²) in [5.74, 6) is 1.61. The maximum Gasteiger partial charge on any atom is 0.389 e. The smallest absolute Gasteiger partial charge is 0.197 e. The van der Waals surface area contributed by atoms with Gasteiger partial charge >= 0.3 is 12.4 Å². The zero-order chi connectivity index (χ0) is 29.8. The summed E-state index contributed by atoms with van der Waals surface area (Å²) in [6.45, 7) is 4.36. The maximum absolute atomic E-state index is 12.0. The Morgan fingerprint density at radius 2 is 1.26 bits per heavy atom. The van der Waals surface area contributed by atoms with Crippen LogP contribution in [0.2, 0.25) is 0 Å². The Morgan fingerprint density at radius 3 is 1.68 bits per heavy atom. The second-order valence-electron chi connectivity index (χ2n) is 9.25. The number of alkyl halides is 6. The fourth-order valence-corrected chi connectivity index (χ4v) is 6.22. The van der Waals surface area contributed by atoms with Crippen molar-refractivity contribution >= 4 is 23.5 Å². The number of hydrogen-bond donors (Lipinski definition) is 0. The summed E-state index contributed by atoms with van der Waals surface area (Å²) in [5, 5.41) is 17.7. The molecule has 14 heteroatoms. The van der Waals surface area contributed by atoms with Crippen LogP contribution in [-0.4, -0.2) is 29.1 Å². The summed E-state index contributed by atoms with van der Waals surface area (Å²) in [6, 6.07) is 4.22. The molecule has 6 nitrogen and oxygen atoms in total. The van der Waals surface area contributed by atoms with Crippen molar-refractivity contribution in [2.75, 3.05) is 11.5 Å². The predicted octanol–water partition coefficient (Wildman–Crippen LogP) is 9.18. The molecule has 0 aromatic heterocycles. The number of allylic oxidation sites excluding steroid dienone is 2. The van der Waals surface area contributed by atoms with Gasteiger partial charge in [0.2, 0.25) is 0 Å². The third-order valence-corrected chi connectivity index (χ3v) is 8.60. The van der Waals surface area contributed by atoms with Crippen LogP contribution >= 0.6 is 23.5 Å². The Hall–Kier alpha value is -1.80. The van der Waals surface area contributed by atoms with Gasteiger partial charge in [-0.3, -0.25) is 0 Å². The monoisotopic (exact) mass is 592 g/mol. The van der Waals surface area contributed by atoms with E-state index in [1.807, 2.05) is 6.07 Å². The molecule has 38 heavy (non-hydrogen) atoms. The lowest BCUT2D eigenvalue weighted by Gasteiger charge is -2.29. The van der Waals surface area contributed by atoms with E-state index >= 15 is 0 Å². The molecule has 0 saturated heterocycles. The summed E-state index contributed by atoms with van der Waals surface area (Å²) >= 11 is 2.23. The van der Waals surface area contributed by atoms with E-state index in [0.29, 0.717) is 16.7 Å². The van der Waals surface area contributed by atoms with Crippen LogP contribution in [0.4, 0.5) is 26.3 Å². The molecule has 0 amide bonds. The van der Waals surface area contributed by atoms with Crippen molar-refractivity contribution in [3.05, 3.63) is 30.3 Å². The Balaban J connectivity index is 0. The Kier molecular flexibility index (Phi) is 21.3. The van der Waals surface area contributed by atoms with Crippen molar-refractivity contribution in [1.82, 2.24) is 0 Å². The quantitative estimate of drug-likeness (QED) is 0.212. The minimum Gasteiger partial charge on any atom is -0.197 e. The first kappa shape index (κ1) is 38.3. The molecule has 0 aliphatic heterocycles. The normalized spacial score (nSPS) is 21.9. The fourth-order valence-electron chi connectivity index (χ4n) is 3.99. The van der Waals surface area contributed by atoms with E-state index in [2.05, 4.69) is 19.9 Å². The van der Waals surface area contributed by atoms with Crippen LogP contribution in [0.3, 0.4) is 0 Å². The van der Waals surface area contributed by atoms with E-state index in [1.165, 1.54) is 11.8 Å². The first-order chi connectivity index (χ1) is 17.8. The van der Waals surface area contributed by atoms with Gasteiger partial charge in [-0.05, 0) is 61.9 Å². The van der Waals surface area contributed by atoms with Crippen molar-refractivity contribution in [3.63, 3.8) is 0 Å². The highest BCUT2D eigenvalue weighted by Crippen LogP contribution is 2.36. The maximum atomic E-state index is 12.0. The van der Waals surface area contributed by atoms with E-state index in [9.17, 15) is 26.3 Å². The molecule has 0 spiro atoms. The third-order valence-electron chi connectivity index (χ3n) is 6.23. The van der Waals surface area contributed by atoms with Gasteiger partial charge in [-0.15, -0.1) is 23.5 Å². The number of rotatable bonds is 7. The van der Waals surface area contributed by atoms with Crippen LogP contribution in [-0.2, 0) is 0 Å². The van der Waals surface area contributed by atoms with Gasteiger partial charge in [0.25, 0.3) is 0 Å². The van der Waals surface area contributed by atoms with E-state index in [1.54, 1.807) is 0 Å². The van der Waals surface area contributed by atoms with Gasteiger partial charge in [0.15, 0.2) is 0 Å². The van der Waals surface area contributed by atoms with Crippen molar-refractivity contribution in [1.29, 1.82) is 10.5 Å². The predicted molar refractivity (Wildman–Crippen MR) is 141 cm³/mol. The molecule has 1 atom stereocenters. The summed E-state index contributed by atoms with van der Waals surface area (Å²) in [4.78, 5) is 28.5. The number of hydrogen-bond acceptors (Lipinski definition) is 8. The van der Waals surface area contributed by atoms with Gasteiger partial charge < -0.3 is 0 Å². The van der Waals surface area contributed by atoms with E-state index in [-0.39, 0.29) is 22.7 Å². The largest absolute Gasteiger partial charge is 0.389 e. The Labute approximate surface area is 227 Å². The standard InChI is InChI=1S/C12H18F3NS.C12H16F3NS.2O2/c2*1-9-2-4-10(5-3-9)11(8-16)17-7-6-12(13,14)15;2*1-2/h9-11H,2-7H2,1H3;9H,2-7H2,1H3;;. The average Bonchev–Trinajstić information content (AvgIpc) is 2.87. The molecule has 218 valence electrons. The molecule has 0 N–H and O–H groups in total. The van der Waals surface area contributed by atoms with Gasteiger partial charge in [-0.2, -0.15) is 36.9 Å². The van der Waals surface area contributed by atoms with Gasteiger partial charge in [0.05, 0.1) is 29.1 Å². The highest BCUT2D eigenvalue weighted by atomic mass is 32.2. The number of nitriles is 2. The van der Waals surface area contributed by atoms with E-state index < -0.39 is 25.2 Å². The second-order valence-corrected chi connectivity index (χ2v) is 11.6. The Bertz CT molecular complexity index is 749. The van der Waals surface area contributed by atoms with Gasteiger partial charge in [-0.25, -0.2) is 0 Å². The lowest BCUT2D eigenvalue weighted by Crippen LogP contribution is -2.22. The van der Waals surface area contributed by atoms with Crippen LogP contribution in [0, 0.1) is 60.3 Å². The fraction of sp³-hybridized carbons (Fsp3) is 0.833. The van der Waals surface area contributed by atoms with Crippen LogP contribution in [0.25, 0.3) is 0 Å². The summed E-state index contributed by atoms with van der Waals surface area (Å²) in [5.41, 5.74) is 1.05. The molecule has 0 aromatic rings. The number of halogens is 6. The average molecular weight is 593 g/mol. The molecule has 1 unspecified atom stereocenters. The third kappa shape index (κ3) is 19.3. The van der Waals surface area contributed by atoms with Crippen LogP contribution in [0.1, 0.15) is 78.1 Å². The molecular formula is C24H34F6N2O4S2. The zero-order valence-corrected chi connectivity index (χ0v) is 23.0. The highest BCUT2D eigenvalue weighted by molar-refractivity contribution is 8.03. The van der Waals surface area contributed by atoms with Crippen LogP contribution < -0.4 is 0 Å².